The average Bonchev–Trinajstić information content (AvgIpc) is 2.27. The molecule has 0 radical (unpaired) electrons. The Kier molecular flexibility index (Phi) is 5.34. The van der Waals surface area contributed by atoms with E-state index in [1.54, 1.807) is 11.8 Å². The maximum atomic E-state index is 5.85. The summed E-state index contributed by atoms with van der Waals surface area (Å²) >= 11 is 1.71. The first kappa shape index (κ1) is 14.4. The molecule has 0 heterocycles. The van der Waals surface area contributed by atoms with E-state index in [1.165, 1.54) is 4.90 Å². The molecule has 1 rings (SSSR count). The van der Waals surface area contributed by atoms with Crippen molar-refractivity contribution in [2.45, 2.75) is 38.6 Å². The molecule has 0 saturated heterocycles. The first-order valence-corrected chi connectivity index (χ1v) is 7.19. The van der Waals surface area contributed by atoms with Gasteiger partial charge in [-0.2, -0.15) is 0 Å². The van der Waals surface area contributed by atoms with E-state index in [9.17, 15) is 0 Å². The topological polar surface area (TPSA) is 35.2 Å². The number of hydrogen-bond donors (Lipinski definition) is 1. The average molecular weight is 253 g/mol. The minimum absolute atomic E-state index is 0.306. The normalized spacial score (nSPS) is 11.6. The third kappa shape index (κ3) is 4.60. The monoisotopic (exact) mass is 253 g/mol. The predicted octanol–water partition coefficient (Wildman–Crippen LogP) is 3.68. The number of hydrogen-bond acceptors (Lipinski definition) is 3. The Morgan fingerprint density at radius 3 is 2.53 bits per heavy atom. The van der Waals surface area contributed by atoms with Gasteiger partial charge in [-0.1, -0.05) is 26.8 Å². The lowest BCUT2D eigenvalue weighted by atomic mass is 9.93. The highest BCUT2D eigenvalue weighted by molar-refractivity contribution is 7.98. The molecule has 2 N–H and O–H groups in total. The van der Waals surface area contributed by atoms with Crippen molar-refractivity contribution in [3.05, 3.63) is 23.8 Å². The molecule has 0 aromatic heterocycles. The minimum Gasteiger partial charge on any atom is -0.493 e. The van der Waals surface area contributed by atoms with Crippen molar-refractivity contribution in [3.63, 3.8) is 0 Å². The molecule has 0 aliphatic rings. The molecule has 3 heteroatoms. The van der Waals surface area contributed by atoms with Gasteiger partial charge in [-0.25, -0.2) is 0 Å². The van der Waals surface area contributed by atoms with E-state index in [2.05, 4.69) is 33.1 Å². The van der Waals surface area contributed by atoms with Crippen LogP contribution in [-0.2, 0) is 6.54 Å². The van der Waals surface area contributed by atoms with Crippen LogP contribution < -0.4 is 10.5 Å². The predicted molar refractivity (Wildman–Crippen MR) is 75.7 cm³/mol. The van der Waals surface area contributed by atoms with Crippen molar-refractivity contribution >= 4 is 11.8 Å². The highest BCUT2D eigenvalue weighted by Gasteiger charge is 2.12. The van der Waals surface area contributed by atoms with Gasteiger partial charge in [0.05, 0.1) is 6.61 Å². The van der Waals surface area contributed by atoms with Gasteiger partial charge in [0.2, 0.25) is 0 Å². The van der Waals surface area contributed by atoms with Gasteiger partial charge in [0, 0.05) is 17.0 Å². The molecule has 17 heavy (non-hydrogen) atoms. The number of ether oxygens (including phenoxy) is 1. The van der Waals surface area contributed by atoms with Crippen molar-refractivity contribution in [2.24, 2.45) is 11.1 Å². The molecule has 0 aliphatic carbocycles. The molecular formula is C14H23NOS. The van der Waals surface area contributed by atoms with Crippen molar-refractivity contribution in [3.8, 4) is 5.75 Å². The van der Waals surface area contributed by atoms with Crippen LogP contribution in [0, 0.1) is 5.41 Å². The van der Waals surface area contributed by atoms with Crippen LogP contribution in [0.2, 0.25) is 0 Å². The van der Waals surface area contributed by atoms with E-state index in [4.69, 9.17) is 10.5 Å². The van der Waals surface area contributed by atoms with Gasteiger partial charge in [-0.3, -0.25) is 0 Å². The minimum atomic E-state index is 0.306. The van der Waals surface area contributed by atoms with Gasteiger partial charge in [-0.15, -0.1) is 11.8 Å². The summed E-state index contributed by atoms with van der Waals surface area (Å²) in [6.45, 7) is 7.94. The van der Waals surface area contributed by atoms with E-state index in [1.807, 2.05) is 12.1 Å². The smallest absolute Gasteiger partial charge is 0.124 e. The standard InChI is InChI=1S/C14H23NOS/c1-14(2,3)8-9-16-12-6-5-7-13(17-4)11(12)10-15/h5-7H,8-10,15H2,1-4H3. The van der Waals surface area contributed by atoms with E-state index < -0.39 is 0 Å². The summed E-state index contributed by atoms with van der Waals surface area (Å²) in [5.41, 5.74) is 7.22. The lowest BCUT2D eigenvalue weighted by Crippen LogP contribution is -2.12. The van der Waals surface area contributed by atoms with Crippen LogP contribution in [0.1, 0.15) is 32.8 Å². The summed E-state index contributed by atoms with van der Waals surface area (Å²) in [6.07, 6.45) is 3.11. The Bertz CT molecular complexity index is 358. The van der Waals surface area contributed by atoms with Crippen LogP contribution in [-0.4, -0.2) is 12.9 Å². The summed E-state index contributed by atoms with van der Waals surface area (Å²) in [5.74, 6) is 0.934. The van der Waals surface area contributed by atoms with E-state index >= 15 is 0 Å². The lowest BCUT2D eigenvalue weighted by molar-refractivity contribution is 0.241. The van der Waals surface area contributed by atoms with Gasteiger partial charge < -0.3 is 10.5 Å². The summed E-state index contributed by atoms with van der Waals surface area (Å²) in [7, 11) is 0. The summed E-state index contributed by atoms with van der Waals surface area (Å²) < 4.78 is 5.85. The van der Waals surface area contributed by atoms with Gasteiger partial charge in [0.15, 0.2) is 0 Å². The fourth-order valence-electron chi connectivity index (χ4n) is 1.54. The van der Waals surface area contributed by atoms with Crippen molar-refractivity contribution in [1.29, 1.82) is 0 Å². The molecule has 0 amide bonds. The molecule has 96 valence electrons. The number of thioether (sulfide) groups is 1. The van der Waals surface area contributed by atoms with Crippen molar-refractivity contribution in [2.75, 3.05) is 12.9 Å². The molecular weight excluding hydrogens is 230 g/mol. The van der Waals surface area contributed by atoms with E-state index in [0.717, 1.165) is 24.3 Å². The van der Waals surface area contributed by atoms with Gasteiger partial charge >= 0.3 is 0 Å². The summed E-state index contributed by atoms with van der Waals surface area (Å²) in [4.78, 5) is 1.21. The Hall–Kier alpha value is -0.670. The van der Waals surface area contributed by atoms with E-state index in [-0.39, 0.29) is 0 Å². The van der Waals surface area contributed by atoms with Crippen molar-refractivity contribution in [1.82, 2.24) is 0 Å². The molecule has 0 saturated carbocycles. The van der Waals surface area contributed by atoms with Crippen LogP contribution in [0.4, 0.5) is 0 Å². The molecule has 0 unspecified atom stereocenters. The van der Waals surface area contributed by atoms with Crippen LogP contribution in [0.15, 0.2) is 23.1 Å². The molecule has 0 bridgehead atoms. The Morgan fingerprint density at radius 2 is 2.00 bits per heavy atom. The number of rotatable bonds is 5. The largest absolute Gasteiger partial charge is 0.493 e. The van der Waals surface area contributed by atoms with Crippen LogP contribution >= 0.6 is 11.8 Å². The lowest BCUT2D eigenvalue weighted by Gasteiger charge is -2.19. The molecule has 0 fully saturated rings. The zero-order valence-corrected chi connectivity index (χ0v) is 12.1. The van der Waals surface area contributed by atoms with Gasteiger partial charge in [0.1, 0.15) is 5.75 Å². The fourth-order valence-corrected chi connectivity index (χ4v) is 2.19. The Morgan fingerprint density at radius 1 is 1.29 bits per heavy atom. The Balaban J connectivity index is 2.70. The first-order chi connectivity index (χ1) is 7.98. The molecule has 0 atom stereocenters. The second-order valence-corrected chi connectivity index (χ2v) is 6.15. The first-order valence-electron chi connectivity index (χ1n) is 5.96. The highest BCUT2D eigenvalue weighted by Crippen LogP contribution is 2.29. The van der Waals surface area contributed by atoms with Crippen molar-refractivity contribution < 1.29 is 4.74 Å². The second-order valence-electron chi connectivity index (χ2n) is 5.30. The Labute approximate surface area is 109 Å². The van der Waals surface area contributed by atoms with Crippen LogP contribution in [0.25, 0.3) is 0 Å². The van der Waals surface area contributed by atoms with Gasteiger partial charge in [0.25, 0.3) is 0 Å². The molecule has 2 nitrogen and oxygen atoms in total. The zero-order valence-electron chi connectivity index (χ0n) is 11.2. The maximum absolute atomic E-state index is 5.85. The third-order valence-electron chi connectivity index (χ3n) is 2.62. The SMILES string of the molecule is CSc1cccc(OCCC(C)(C)C)c1CN. The number of nitrogens with two attached hydrogens (primary N) is 1. The maximum Gasteiger partial charge on any atom is 0.124 e. The second kappa shape index (κ2) is 6.31. The van der Waals surface area contributed by atoms with Gasteiger partial charge in [-0.05, 0) is 30.2 Å². The number of benzene rings is 1. The van der Waals surface area contributed by atoms with Crippen LogP contribution in [0.5, 0.6) is 5.75 Å². The summed E-state index contributed by atoms with van der Waals surface area (Å²) in [5, 5.41) is 0. The molecule has 0 spiro atoms. The highest BCUT2D eigenvalue weighted by atomic mass is 32.2. The summed E-state index contributed by atoms with van der Waals surface area (Å²) in [6, 6.07) is 6.12. The fraction of sp³-hybridized carbons (Fsp3) is 0.571. The van der Waals surface area contributed by atoms with E-state index in [0.29, 0.717) is 12.0 Å². The zero-order chi connectivity index (χ0) is 12.9. The molecule has 0 aliphatic heterocycles. The van der Waals surface area contributed by atoms with Crippen LogP contribution in [0.3, 0.4) is 0 Å². The third-order valence-corrected chi connectivity index (χ3v) is 3.45. The molecule has 1 aromatic carbocycles. The molecule has 1 aromatic rings. The quantitative estimate of drug-likeness (QED) is 0.813.